The highest BCUT2D eigenvalue weighted by atomic mass is 16.2. The van der Waals surface area contributed by atoms with Crippen molar-refractivity contribution in [2.24, 2.45) is 17.8 Å². The van der Waals surface area contributed by atoms with Crippen molar-refractivity contribution in [3.63, 3.8) is 0 Å². The SMILES string of the molecule is CCNC(=O)c1cccc(CNC(=O)C[C@@H]2C[C@H]3CC[C@H]2C3)c1. The van der Waals surface area contributed by atoms with Crippen LogP contribution in [0.2, 0.25) is 0 Å². The highest BCUT2D eigenvalue weighted by Crippen LogP contribution is 2.49. The second kappa shape index (κ2) is 7.16. The summed E-state index contributed by atoms with van der Waals surface area (Å²) in [6.07, 6.45) is 5.93. The normalized spacial score (nSPS) is 25.3. The van der Waals surface area contributed by atoms with Crippen molar-refractivity contribution in [2.75, 3.05) is 6.54 Å². The Bertz CT molecular complexity index is 584. The van der Waals surface area contributed by atoms with Gasteiger partial charge in [0, 0.05) is 25.1 Å². The van der Waals surface area contributed by atoms with Gasteiger partial charge in [-0.2, -0.15) is 0 Å². The van der Waals surface area contributed by atoms with Gasteiger partial charge in [0.05, 0.1) is 0 Å². The van der Waals surface area contributed by atoms with Gasteiger partial charge in [0.15, 0.2) is 0 Å². The van der Waals surface area contributed by atoms with Crippen LogP contribution in [0.1, 0.15) is 54.9 Å². The molecule has 4 heteroatoms. The Labute approximate surface area is 138 Å². The first-order valence-electron chi connectivity index (χ1n) is 8.79. The third kappa shape index (κ3) is 3.92. The van der Waals surface area contributed by atoms with E-state index in [9.17, 15) is 9.59 Å². The van der Waals surface area contributed by atoms with Gasteiger partial charge in [0.2, 0.25) is 5.91 Å². The number of rotatable bonds is 6. The third-order valence-electron chi connectivity index (χ3n) is 5.35. The van der Waals surface area contributed by atoms with Gasteiger partial charge < -0.3 is 10.6 Å². The zero-order valence-corrected chi connectivity index (χ0v) is 13.8. The molecule has 2 amide bonds. The fourth-order valence-electron chi connectivity index (χ4n) is 4.22. The number of benzene rings is 1. The predicted octanol–water partition coefficient (Wildman–Crippen LogP) is 2.88. The molecule has 1 aromatic rings. The zero-order chi connectivity index (χ0) is 16.2. The van der Waals surface area contributed by atoms with Crippen LogP contribution in [0.5, 0.6) is 0 Å². The van der Waals surface area contributed by atoms with E-state index in [4.69, 9.17) is 0 Å². The maximum atomic E-state index is 12.2. The monoisotopic (exact) mass is 314 g/mol. The maximum absolute atomic E-state index is 12.2. The van der Waals surface area contributed by atoms with Crippen molar-refractivity contribution in [3.05, 3.63) is 35.4 Å². The van der Waals surface area contributed by atoms with Crippen LogP contribution in [0.4, 0.5) is 0 Å². The predicted molar refractivity (Wildman–Crippen MR) is 89.9 cm³/mol. The van der Waals surface area contributed by atoms with E-state index in [0.717, 1.165) is 17.4 Å². The lowest BCUT2D eigenvalue weighted by Crippen LogP contribution is -2.27. The number of carbonyl (C=O) groups excluding carboxylic acids is 2. The topological polar surface area (TPSA) is 58.2 Å². The molecule has 2 saturated carbocycles. The Balaban J connectivity index is 1.49. The van der Waals surface area contributed by atoms with Gasteiger partial charge in [-0.05, 0) is 61.6 Å². The minimum absolute atomic E-state index is 0.0670. The molecular formula is C19H26N2O2. The smallest absolute Gasteiger partial charge is 0.251 e. The van der Waals surface area contributed by atoms with Crippen molar-refractivity contribution < 1.29 is 9.59 Å². The third-order valence-corrected chi connectivity index (χ3v) is 5.35. The first kappa shape index (κ1) is 16.0. The first-order valence-corrected chi connectivity index (χ1v) is 8.79. The summed E-state index contributed by atoms with van der Waals surface area (Å²) in [5.41, 5.74) is 1.61. The Hall–Kier alpha value is -1.84. The molecule has 23 heavy (non-hydrogen) atoms. The lowest BCUT2D eigenvalue weighted by atomic mass is 9.86. The van der Waals surface area contributed by atoms with Crippen molar-refractivity contribution in [1.82, 2.24) is 10.6 Å². The van der Waals surface area contributed by atoms with Crippen LogP contribution in [-0.4, -0.2) is 18.4 Å². The summed E-state index contributed by atoms with van der Waals surface area (Å²) < 4.78 is 0. The summed E-state index contributed by atoms with van der Waals surface area (Å²) in [6, 6.07) is 7.46. The molecule has 3 rings (SSSR count). The quantitative estimate of drug-likeness (QED) is 0.848. The highest BCUT2D eigenvalue weighted by molar-refractivity contribution is 5.94. The van der Waals surface area contributed by atoms with E-state index in [1.165, 1.54) is 25.7 Å². The molecule has 0 radical (unpaired) electrons. The van der Waals surface area contributed by atoms with Crippen LogP contribution >= 0.6 is 0 Å². The summed E-state index contributed by atoms with van der Waals surface area (Å²) in [5.74, 6) is 2.34. The van der Waals surface area contributed by atoms with E-state index in [2.05, 4.69) is 10.6 Å². The summed E-state index contributed by atoms with van der Waals surface area (Å²) >= 11 is 0. The van der Waals surface area contributed by atoms with Gasteiger partial charge in [0.1, 0.15) is 0 Å². The molecule has 4 nitrogen and oxygen atoms in total. The molecule has 0 heterocycles. The molecule has 0 unspecified atom stereocenters. The number of fused-ring (bicyclic) bond motifs is 2. The second-order valence-electron chi connectivity index (χ2n) is 6.98. The van der Waals surface area contributed by atoms with Crippen LogP contribution in [0.15, 0.2) is 24.3 Å². The summed E-state index contributed by atoms with van der Waals surface area (Å²) in [7, 11) is 0. The van der Waals surface area contributed by atoms with Gasteiger partial charge >= 0.3 is 0 Å². The molecule has 2 fully saturated rings. The molecule has 0 aliphatic heterocycles. The van der Waals surface area contributed by atoms with Gasteiger partial charge in [-0.15, -0.1) is 0 Å². The van der Waals surface area contributed by atoms with Gasteiger partial charge in [0.25, 0.3) is 5.91 Å². The molecule has 124 valence electrons. The Morgan fingerprint density at radius 1 is 1.17 bits per heavy atom. The molecule has 1 aromatic carbocycles. The van der Waals surface area contributed by atoms with E-state index < -0.39 is 0 Å². The molecular weight excluding hydrogens is 288 g/mol. The summed E-state index contributed by atoms with van der Waals surface area (Å²) in [6.45, 7) is 3.01. The summed E-state index contributed by atoms with van der Waals surface area (Å²) in [5, 5.41) is 5.80. The van der Waals surface area contributed by atoms with E-state index >= 15 is 0 Å². The van der Waals surface area contributed by atoms with Gasteiger partial charge in [-0.25, -0.2) is 0 Å². The number of hydrogen-bond acceptors (Lipinski definition) is 2. The number of amides is 2. The molecule has 2 aliphatic rings. The standard InChI is InChI=1S/C19H26N2O2/c1-2-20-19(23)16-5-3-4-14(10-16)12-21-18(22)11-17-9-13-6-7-15(17)8-13/h3-5,10,13,15,17H,2,6-9,11-12H2,1H3,(H,20,23)(H,21,22)/t13-,15-,17-/m0/s1. The van der Waals surface area contributed by atoms with Gasteiger partial charge in [-0.3, -0.25) is 9.59 Å². The number of nitrogens with one attached hydrogen (secondary N) is 2. The average Bonchev–Trinajstić information content (AvgIpc) is 3.16. The lowest BCUT2D eigenvalue weighted by molar-refractivity contribution is -0.122. The van der Waals surface area contributed by atoms with E-state index in [1.807, 2.05) is 25.1 Å². The number of hydrogen-bond donors (Lipinski definition) is 2. The Morgan fingerprint density at radius 2 is 2.04 bits per heavy atom. The van der Waals surface area contributed by atoms with E-state index in [0.29, 0.717) is 31.0 Å². The highest BCUT2D eigenvalue weighted by Gasteiger charge is 2.39. The minimum atomic E-state index is -0.0670. The molecule has 2 N–H and O–H groups in total. The van der Waals surface area contributed by atoms with E-state index in [-0.39, 0.29) is 11.8 Å². The molecule has 0 saturated heterocycles. The van der Waals surface area contributed by atoms with E-state index in [1.54, 1.807) is 6.07 Å². The largest absolute Gasteiger partial charge is 0.352 e. The Morgan fingerprint density at radius 3 is 2.74 bits per heavy atom. The van der Waals surface area contributed by atoms with Crippen molar-refractivity contribution in [2.45, 2.75) is 45.6 Å². The fraction of sp³-hybridized carbons (Fsp3) is 0.579. The molecule has 2 aliphatic carbocycles. The molecule has 0 aromatic heterocycles. The molecule has 3 atom stereocenters. The van der Waals surface area contributed by atoms with Crippen molar-refractivity contribution in [3.8, 4) is 0 Å². The minimum Gasteiger partial charge on any atom is -0.352 e. The van der Waals surface area contributed by atoms with Crippen LogP contribution in [-0.2, 0) is 11.3 Å². The lowest BCUT2D eigenvalue weighted by Gasteiger charge is -2.20. The maximum Gasteiger partial charge on any atom is 0.251 e. The Kier molecular flexibility index (Phi) is 4.99. The summed E-state index contributed by atoms with van der Waals surface area (Å²) in [4.78, 5) is 24.0. The molecule has 0 spiro atoms. The van der Waals surface area contributed by atoms with Crippen LogP contribution < -0.4 is 10.6 Å². The zero-order valence-electron chi connectivity index (χ0n) is 13.8. The van der Waals surface area contributed by atoms with Gasteiger partial charge in [-0.1, -0.05) is 18.6 Å². The second-order valence-corrected chi connectivity index (χ2v) is 6.98. The average molecular weight is 314 g/mol. The van der Waals surface area contributed by atoms with Crippen molar-refractivity contribution >= 4 is 11.8 Å². The fourth-order valence-corrected chi connectivity index (χ4v) is 4.22. The first-order chi connectivity index (χ1) is 11.2. The van der Waals surface area contributed by atoms with Crippen LogP contribution in [0.25, 0.3) is 0 Å². The van der Waals surface area contributed by atoms with Crippen LogP contribution in [0, 0.1) is 17.8 Å². The number of carbonyl (C=O) groups is 2. The van der Waals surface area contributed by atoms with Crippen LogP contribution in [0.3, 0.4) is 0 Å². The van der Waals surface area contributed by atoms with Crippen molar-refractivity contribution in [1.29, 1.82) is 0 Å². The molecule has 2 bridgehead atoms.